The van der Waals surface area contributed by atoms with Crippen LogP contribution >= 0.6 is 0 Å². The molecule has 1 atom stereocenters. The fourth-order valence-corrected chi connectivity index (χ4v) is 0.141. The molecule has 0 aromatic heterocycles. The quantitative estimate of drug-likeness (QED) is 0.281. The van der Waals surface area contributed by atoms with Crippen LogP contribution in [0.3, 0.4) is 0 Å². The van der Waals surface area contributed by atoms with Crippen molar-refractivity contribution in [2.75, 3.05) is 14.1 Å². The predicted molar refractivity (Wildman–Crippen MR) is 29.0 cm³/mol. The first-order valence-corrected chi connectivity index (χ1v) is 2.04. The van der Waals surface area contributed by atoms with Crippen LogP contribution in [0.15, 0.2) is 0 Å². The number of nitrogens with two attached hydrogens (primary N) is 1. The van der Waals surface area contributed by atoms with E-state index in [1.807, 2.05) is 0 Å². The molecule has 0 aliphatic heterocycles. The molecule has 0 aliphatic rings. The van der Waals surface area contributed by atoms with Crippen LogP contribution in [0.4, 0.5) is 0 Å². The fraction of sp³-hybridized carbons (Fsp3) is 1.00. The number of rotatable bonds is 2. The third-order valence-corrected chi connectivity index (χ3v) is 0.785. The zero-order chi connectivity index (χ0) is 6.78. The van der Waals surface area contributed by atoms with E-state index in [4.69, 9.17) is 11.7 Å². The van der Waals surface area contributed by atoms with Crippen molar-refractivity contribution in [1.82, 2.24) is 10.6 Å². The lowest BCUT2D eigenvalue weighted by molar-refractivity contribution is -1.03. The molecule has 8 heavy (non-hydrogen) atoms. The highest BCUT2D eigenvalue weighted by Crippen LogP contribution is 1.91. The topological polar surface area (TPSA) is 88.1 Å². The summed E-state index contributed by atoms with van der Waals surface area (Å²) in [5.41, 5.74) is 2.24. The van der Waals surface area contributed by atoms with Gasteiger partial charge < -0.3 is 11.0 Å². The van der Waals surface area contributed by atoms with Gasteiger partial charge in [-0.15, -0.1) is 5.43 Å². The molecule has 0 radical (unpaired) electrons. The monoisotopic (exact) mass is 120 g/mol. The Kier molecular flexibility index (Phi) is 2.28. The van der Waals surface area contributed by atoms with Crippen LogP contribution in [0.1, 0.15) is 0 Å². The lowest BCUT2D eigenvalue weighted by atomic mass is 11.3. The molecule has 0 bridgehead atoms. The van der Waals surface area contributed by atoms with Gasteiger partial charge in [-0.05, 0) is 0 Å². The van der Waals surface area contributed by atoms with Crippen LogP contribution < -0.4 is 11.3 Å². The number of nitrogens with zero attached hydrogens (tertiary/aromatic N) is 2. The molecule has 1 unspecified atom stereocenters. The Hall–Kier alpha value is -0.240. The normalized spacial score (nSPS) is 18.8. The highest BCUT2D eigenvalue weighted by atomic mass is 16.6. The van der Waals surface area contributed by atoms with E-state index in [0.717, 1.165) is 7.05 Å². The molecule has 0 fully saturated rings. The van der Waals surface area contributed by atoms with Crippen molar-refractivity contribution in [3.8, 4) is 0 Å². The van der Waals surface area contributed by atoms with Crippen molar-refractivity contribution in [3.05, 3.63) is 11.0 Å². The first-order valence-electron chi connectivity index (χ1n) is 2.04. The molecule has 6 heteroatoms. The minimum absolute atomic E-state index is 0.264. The van der Waals surface area contributed by atoms with Gasteiger partial charge in [0.2, 0.25) is 0 Å². The smallest absolute Gasteiger partial charge is 0.0366 e. The van der Waals surface area contributed by atoms with Crippen molar-refractivity contribution in [2.45, 2.75) is 0 Å². The van der Waals surface area contributed by atoms with Gasteiger partial charge in [0.1, 0.15) is 0 Å². The zero-order valence-corrected chi connectivity index (χ0v) is 4.88. The highest BCUT2D eigenvalue weighted by Gasteiger charge is 2.03. The van der Waals surface area contributed by atoms with Gasteiger partial charge in [0.15, 0.2) is 0 Å². The van der Waals surface area contributed by atoms with Crippen LogP contribution in [0.25, 0.3) is 5.84 Å². The Balaban J connectivity index is 3.71. The van der Waals surface area contributed by atoms with Crippen molar-refractivity contribution >= 4 is 0 Å². The van der Waals surface area contributed by atoms with E-state index < -0.39 is 4.92 Å². The Morgan fingerprint density at radius 1 is 1.88 bits per heavy atom. The Morgan fingerprint density at radius 3 is 2.25 bits per heavy atom. The van der Waals surface area contributed by atoms with Gasteiger partial charge in [-0.2, -0.15) is 15.9 Å². The average Bonchev–Trinajstić information content (AvgIpc) is 1.67. The number of hydroxylamine groups is 1. The number of quaternary nitrogens is 1. The van der Waals surface area contributed by atoms with Crippen molar-refractivity contribution in [3.63, 3.8) is 0 Å². The van der Waals surface area contributed by atoms with E-state index >= 15 is 0 Å². The van der Waals surface area contributed by atoms with Gasteiger partial charge >= 0.3 is 0 Å². The summed E-state index contributed by atoms with van der Waals surface area (Å²) in [7, 11) is 2.57. The van der Waals surface area contributed by atoms with E-state index in [9.17, 15) is 5.21 Å². The number of hydrogen-bond donors (Lipinski definition) is 2. The summed E-state index contributed by atoms with van der Waals surface area (Å²) >= 11 is 0. The van der Waals surface area contributed by atoms with E-state index in [1.165, 1.54) is 7.05 Å². The molecule has 0 aliphatic carbocycles. The van der Waals surface area contributed by atoms with Crippen molar-refractivity contribution < 1.29 is 4.92 Å². The van der Waals surface area contributed by atoms with Gasteiger partial charge in [0.05, 0.1) is 0 Å². The highest BCUT2D eigenvalue weighted by molar-refractivity contribution is 4.25. The van der Waals surface area contributed by atoms with E-state index in [2.05, 4.69) is 5.43 Å². The summed E-state index contributed by atoms with van der Waals surface area (Å²) in [5.74, 6) is 11.8. The second-order valence-corrected chi connectivity index (χ2v) is 1.37. The maximum atomic E-state index is 10.2. The number of nitrogens with one attached hydrogen (secondary N) is 2. The summed E-state index contributed by atoms with van der Waals surface area (Å²) < 4.78 is 0. The van der Waals surface area contributed by atoms with E-state index in [-0.39, 0.29) is 5.17 Å². The molecule has 0 aromatic carbocycles. The first kappa shape index (κ1) is 7.76. The standard InChI is InChI=1S/C2H10N5O/c1-5-7(3,4)6(2)8/h1-2H3,(H4,3,4,5)/q-1. The average molecular weight is 120 g/mol. The SMILES string of the molecule is CN[N+]([NH-])(N)N(C)[O-]. The van der Waals surface area contributed by atoms with E-state index in [1.54, 1.807) is 0 Å². The summed E-state index contributed by atoms with van der Waals surface area (Å²) in [5, 5.41) is 10.5. The van der Waals surface area contributed by atoms with Crippen molar-refractivity contribution in [1.29, 1.82) is 0 Å². The summed E-state index contributed by atoms with van der Waals surface area (Å²) in [6.45, 7) is 0. The van der Waals surface area contributed by atoms with Gasteiger partial charge in [-0.3, -0.25) is 0 Å². The van der Waals surface area contributed by atoms with Crippen LogP contribution in [0, 0.1) is 5.21 Å². The van der Waals surface area contributed by atoms with Gasteiger partial charge in [0.25, 0.3) is 0 Å². The van der Waals surface area contributed by atoms with Gasteiger partial charge in [0, 0.05) is 14.1 Å². The molecule has 4 N–H and O–H groups in total. The molecule has 0 rings (SSSR count). The minimum atomic E-state index is -1.10. The third-order valence-electron chi connectivity index (χ3n) is 0.785. The molecule has 0 saturated heterocycles. The molecule has 0 amide bonds. The van der Waals surface area contributed by atoms with Crippen LogP contribution in [-0.2, 0) is 0 Å². The van der Waals surface area contributed by atoms with Crippen molar-refractivity contribution in [2.24, 2.45) is 5.84 Å². The summed E-state index contributed by atoms with van der Waals surface area (Å²) in [6.07, 6.45) is 0. The Morgan fingerprint density at radius 2 is 2.25 bits per heavy atom. The third kappa shape index (κ3) is 1.70. The molecule has 50 valence electrons. The van der Waals surface area contributed by atoms with Crippen LogP contribution in [0.5, 0.6) is 0 Å². The van der Waals surface area contributed by atoms with Gasteiger partial charge in [-0.1, -0.05) is 0 Å². The Bertz CT molecular complexity index is 70.8. The van der Waals surface area contributed by atoms with Crippen LogP contribution in [-0.4, -0.2) is 24.2 Å². The summed E-state index contributed by atoms with van der Waals surface area (Å²) in [6, 6.07) is 0. The lowest BCUT2D eigenvalue weighted by Gasteiger charge is -2.43. The summed E-state index contributed by atoms with van der Waals surface area (Å²) in [4.78, 5) is -1.10. The minimum Gasteiger partial charge on any atom is -0.737 e. The maximum absolute atomic E-state index is 10.2. The largest absolute Gasteiger partial charge is 0.737 e. The zero-order valence-electron chi connectivity index (χ0n) is 4.88. The predicted octanol–water partition coefficient (Wildman–Crippen LogP) is -0.877. The molecule has 0 aromatic rings. The van der Waals surface area contributed by atoms with E-state index in [0.29, 0.717) is 0 Å². The molecular weight excluding hydrogens is 110 g/mol. The van der Waals surface area contributed by atoms with Gasteiger partial charge in [-0.25, -0.2) is 0 Å². The first-order chi connectivity index (χ1) is 3.50. The molecular formula is C2H10N5O-. The molecule has 0 heterocycles. The fourth-order valence-electron chi connectivity index (χ4n) is 0.141. The second-order valence-electron chi connectivity index (χ2n) is 1.37. The number of hydrogen-bond acceptors (Lipinski definition) is 4. The Labute approximate surface area is 47.7 Å². The molecule has 0 saturated carbocycles. The second kappa shape index (κ2) is 2.35. The maximum Gasteiger partial charge on any atom is 0.0366 e. The molecule has 0 spiro atoms. The van der Waals surface area contributed by atoms with Crippen LogP contribution in [0.2, 0.25) is 0 Å². The lowest BCUT2D eigenvalue weighted by Crippen LogP contribution is -2.63. The molecule has 6 nitrogen and oxygen atoms in total.